The van der Waals surface area contributed by atoms with Crippen molar-refractivity contribution in [2.24, 2.45) is 0 Å². The van der Waals surface area contributed by atoms with Gasteiger partial charge < -0.3 is 4.98 Å². The van der Waals surface area contributed by atoms with Crippen LogP contribution in [-0.4, -0.2) is 21.4 Å². The number of hydrogen-bond donors (Lipinski definition) is 1. The smallest absolute Gasteiger partial charge is 0.254 e. The summed E-state index contributed by atoms with van der Waals surface area (Å²) in [5.41, 5.74) is 2.99. The Bertz CT molecular complexity index is 920. The molecule has 1 aliphatic rings. The molecular weight excluding hydrogens is 386 g/mol. The van der Waals surface area contributed by atoms with Crippen molar-refractivity contribution >= 4 is 27.3 Å². The molecule has 0 spiro atoms. The highest BCUT2D eigenvalue weighted by molar-refractivity contribution is 9.10. The summed E-state index contributed by atoms with van der Waals surface area (Å²) in [4.78, 5) is 23.4. The first-order valence-corrected chi connectivity index (χ1v) is 9.49. The van der Waals surface area contributed by atoms with Crippen LogP contribution in [0.4, 0.5) is 0 Å². The van der Waals surface area contributed by atoms with Crippen molar-refractivity contribution in [1.82, 2.24) is 14.9 Å². The highest BCUT2D eigenvalue weighted by Gasteiger charge is 2.22. The maximum absolute atomic E-state index is 12.4. The minimum atomic E-state index is 0.00365. The van der Waals surface area contributed by atoms with Crippen LogP contribution >= 0.6 is 27.3 Å². The second-order valence-corrected chi connectivity index (χ2v) is 7.67. The molecule has 3 aromatic rings. The summed E-state index contributed by atoms with van der Waals surface area (Å²) in [5, 5.41) is 1.99. The summed E-state index contributed by atoms with van der Waals surface area (Å²) in [6.07, 6.45) is 0.743. The minimum absolute atomic E-state index is 0.00365. The van der Waals surface area contributed by atoms with Crippen LogP contribution in [0.1, 0.15) is 16.8 Å². The Morgan fingerprint density at radius 2 is 2.12 bits per heavy atom. The fourth-order valence-corrected chi connectivity index (χ4v) is 4.11. The van der Waals surface area contributed by atoms with Crippen molar-refractivity contribution in [2.75, 3.05) is 6.54 Å². The van der Waals surface area contributed by atoms with Crippen molar-refractivity contribution in [3.05, 3.63) is 73.4 Å². The number of halogens is 1. The van der Waals surface area contributed by atoms with Crippen LogP contribution in [0.5, 0.6) is 0 Å². The van der Waals surface area contributed by atoms with Gasteiger partial charge in [0.2, 0.25) is 0 Å². The van der Waals surface area contributed by atoms with Gasteiger partial charge in [0, 0.05) is 29.7 Å². The van der Waals surface area contributed by atoms with E-state index in [-0.39, 0.29) is 5.56 Å². The number of fused-ring (bicyclic) bond motifs is 1. The fraction of sp³-hybridized carbons (Fsp3) is 0.222. The van der Waals surface area contributed by atoms with Crippen LogP contribution in [0.3, 0.4) is 0 Å². The average molecular weight is 402 g/mol. The van der Waals surface area contributed by atoms with Crippen LogP contribution in [-0.2, 0) is 19.5 Å². The lowest BCUT2D eigenvalue weighted by Crippen LogP contribution is -2.35. The molecular formula is C18H16BrN3OS. The average Bonchev–Trinajstić information content (AvgIpc) is 3.11. The first kappa shape index (κ1) is 15.7. The summed E-state index contributed by atoms with van der Waals surface area (Å²) in [6.45, 7) is 2.43. The van der Waals surface area contributed by atoms with Crippen LogP contribution < -0.4 is 5.56 Å². The Morgan fingerprint density at radius 3 is 2.92 bits per heavy atom. The maximum atomic E-state index is 12.4. The molecule has 1 aromatic carbocycles. The zero-order valence-corrected chi connectivity index (χ0v) is 15.4. The number of nitrogens with zero attached hydrogens (tertiary/aromatic N) is 2. The molecule has 0 fully saturated rings. The number of benzene rings is 1. The summed E-state index contributed by atoms with van der Waals surface area (Å²) in [5.74, 6) is 0.677. The Morgan fingerprint density at radius 1 is 1.25 bits per heavy atom. The number of nitrogens with one attached hydrogen (secondary N) is 1. The van der Waals surface area contributed by atoms with E-state index in [4.69, 9.17) is 4.98 Å². The van der Waals surface area contributed by atoms with Crippen LogP contribution in [0.15, 0.2) is 51.0 Å². The van der Waals surface area contributed by atoms with E-state index in [2.05, 4.69) is 44.0 Å². The second kappa shape index (κ2) is 6.63. The minimum Gasteiger partial charge on any atom is -0.306 e. The van der Waals surface area contributed by atoms with Crippen molar-refractivity contribution in [3.8, 4) is 10.7 Å². The number of aromatic nitrogens is 2. The third-order valence-corrected chi connectivity index (χ3v) is 5.91. The molecule has 2 aromatic heterocycles. The topological polar surface area (TPSA) is 49.0 Å². The van der Waals surface area contributed by atoms with Gasteiger partial charge >= 0.3 is 0 Å². The fourth-order valence-electron chi connectivity index (χ4n) is 3.03. The summed E-state index contributed by atoms with van der Waals surface area (Å²) in [6, 6.07) is 12.2. The Kier molecular flexibility index (Phi) is 4.35. The molecule has 0 aliphatic carbocycles. The molecule has 1 N–H and O–H groups in total. The van der Waals surface area contributed by atoms with E-state index in [1.807, 2.05) is 23.6 Å². The molecule has 0 radical (unpaired) electrons. The molecule has 122 valence electrons. The van der Waals surface area contributed by atoms with Crippen molar-refractivity contribution in [1.29, 1.82) is 0 Å². The van der Waals surface area contributed by atoms with Crippen LogP contribution in [0.25, 0.3) is 10.7 Å². The molecule has 4 nitrogen and oxygen atoms in total. The van der Waals surface area contributed by atoms with Gasteiger partial charge in [-0.1, -0.05) is 40.2 Å². The van der Waals surface area contributed by atoms with Crippen molar-refractivity contribution in [3.63, 3.8) is 0 Å². The number of H-pyrrole nitrogens is 1. The number of hydrogen-bond acceptors (Lipinski definition) is 4. The normalized spacial score (nSPS) is 14.5. The van der Waals surface area contributed by atoms with Crippen LogP contribution in [0, 0.1) is 0 Å². The highest BCUT2D eigenvalue weighted by Crippen LogP contribution is 2.24. The zero-order chi connectivity index (χ0) is 16.5. The first-order chi connectivity index (χ1) is 11.7. The van der Waals surface area contributed by atoms with Gasteiger partial charge in [-0.3, -0.25) is 9.69 Å². The molecule has 3 heterocycles. The van der Waals surface area contributed by atoms with E-state index in [1.165, 1.54) is 5.56 Å². The second-order valence-electron chi connectivity index (χ2n) is 5.87. The molecule has 0 amide bonds. The number of aromatic amines is 1. The maximum Gasteiger partial charge on any atom is 0.254 e. The molecule has 0 atom stereocenters. The molecule has 24 heavy (non-hydrogen) atoms. The van der Waals surface area contributed by atoms with E-state index >= 15 is 0 Å². The summed E-state index contributed by atoms with van der Waals surface area (Å²) >= 11 is 5.20. The summed E-state index contributed by atoms with van der Waals surface area (Å²) < 4.78 is 1.12. The van der Waals surface area contributed by atoms with Crippen molar-refractivity contribution < 1.29 is 0 Å². The SMILES string of the molecule is O=c1[nH]c(-c2cccs2)nc2c1CCN(Cc1ccccc1Br)C2. The number of thiophene rings is 1. The Hall–Kier alpha value is -1.76. The Balaban J connectivity index is 1.62. The monoisotopic (exact) mass is 401 g/mol. The van der Waals surface area contributed by atoms with Gasteiger partial charge in [-0.05, 0) is 29.5 Å². The summed E-state index contributed by atoms with van der Waals surface area (Å²) in [7, 11) is 0. The lowest BCUT2D eigenvalue weighted by Gasteiger charge is -2.28. The molecule has 1 aliphatic heterocycles. The quantitative estimate of drug-likeness (QED) is 0.725. The van der Waals surface area contributed by atoms with Gasteiger partial charge in [-0.25, -0.2) is 4.98 Å². The third kappa shape index (κ3) is 3.09. The number of rotatable bonds is 3. The lowest BCUT2D eigenvalue weighted by atomic mass is 10.1. The van der Waals surface area contributed by atoms with E-state index < -0.39 is 0 Å². The molecule has 0 bridgehead atoms. The third-order valence-electron chi connectivity index (χ3n) is 4.26. The zero-order valence-electron chi connectivity index (χ0n) is 13.0. The predicted molar refractivity (Wildman–Crippen MR) is 100 cm³/mol. The molecule has 0 saturated heterocycles. The van der Waals surface area contributed by atoms with Gasteiger partial charge in [0.25, 0.3) is 5.56 Å². The first-order valence-electron chi connectivity index (χ1n) is 7.82. The van der Waals surface area contributed by atoms with Gasteiger partial charge in [-0.15, -0.1) is 11.3 Å². The van der Waals surface area contributed by atoms with Crippen LogP contribution in [0.2, 0.25) is 0 Å². The van der Waals surface area contributed by atoms with Gasteiger partial charge in [0.1, 0.15) is 0 Å². The highest BCUT2D eigenvalue weighted by atomic mass is 79.9. The van der Waals surface area contributed by atoms with E-state index in [9.17, 15) is 4.79 Å². The predicted octanol–water partition coefficient (Wildman–Crippen LogP) is 3.82. The van der Waals surface area contributed by atoms with Gasteiger partial charge in [0.05, 0.1) is 10.6 Å². The lowest BCUT2D eigenvalue weighted by molar-refractivity contribution is 0.240. The molecule has 0 unspecified atom stereocenters. The van der Waals surface area contributed by atoms with E-state index in [0.717, 1.165) is 40.1 Å². The Labute approximate surface area is 152 Å². The van der Waals surface area contributed by atoms with Gasteiger partial charge in [-0.2, -0.15) is 0 Å². The van der Waals surface area contributed by atoms with E-state index in [0.29, 0.717) is 12.4 Å². The molecule has 6 heteroatoms. The molecule has 4 rings (SSSR count). The largest absolute Gasteiger partial charge is 0.306 e. The van der Waals surface area contributed by atoms with E-state index in [1.54, 1.807) is 11.3 Å². The van der Waals surface area contributed by atoms with Crippen molar-refractivity contribution in [2.45, 2.75) is 19.5 Å². The standard InChI is InChI=1S/C18H16BrN3OS/c19-14-5-2-1-4-12(14)10-22-8-7-13-15(11-22)20-17(21-18(13)23)16-6-3-9-24-16/h1-6,9H,7-8,10-11H2,(H,20,21,23). The van der Waals surface area contributed by atoms with Gasteiger partial charge in [0.15, 0.2) is 5.82 Å². The molecule has 0 saturated carbocycles.